The monoisotopic (exact) mass is 361 g/mol. The first-order valence-electron chi connectivity index (χ1n) is 9.45. The molecule has 2 rings (SSSR count). The molecule has 1 amide bonds. The second-order valence-corrected chi connectivity index (χ2v) is 6.85. The molecule has 0 spiro atoms. The zero-order chi connectivity index (χ0) is 18.9. The summed E-state index contributed by atoms with van der Waals surface area (Å²) in [5, 5.41) is 2.99. The summed E-state index contributed by atoms with van der Waals surface area (Å²) in [5.41, 5.74) is 2.37. The average Bonchev–Trinajstić information content (AvgIpc) is 3.15. The Hall–Kier alpha value is -2.08. The zero-order valence-corrected chi connectivity index (χ0v) is 16.2. The van der Waals surface area contributed by atoms with E-state index in [1.807, 2.05) is 14.1 Å². The molecule has 1 aliphatic rings. The zero-order valence-electron chi connectivity index (χ0n) is 16.2. The highest BCUT2D eigenvalue weighted by Crippen LogP contribution is 2.26. The number of likely N-dealkylation sites (tertiary alicyclic amines) is 1. The Kier molecular flexibility index (Phi) is 7.91. The van der Waals surface area contributed by atoms with Crippen LogP contribution in [0.3, 0.4) is 0 Å². The molecule has 144 valence electrons. The van der Waals surface area contributed by atoms with Crippen molar-refractivity contribution in [3.63, 3.8) is 0 Å². The van der Waals surface area contributed by atoms with Crippen molar-refractivity contribution >= 4 is 17.6 Å². The fourth-order valence-electron chi connectivity index (χ4n) is 3.25. The Bertz CT molecular complexity index is 580. The van der Waals surface area contributed by atoms with Gasteiger partial charge in [-0.05, 0) is 50.6 Å². The largest absolute Gasteiger partial charge is 0.466 e. The standard InChI is InChI=1S/C20H31N3O3/c1-4-26-20(25)12-11-19(24)21-15-18(23-13-5-6-14-23)16-7-9-17(10-8-16)22(2)3/h7-10,18H,4-6,11-15H2,1-3H3,(H,21,24)/t18-/m0/s1. The van der Waals surface area contributed by atoms with E-state index in [0.717, 1.165) is 18.8 Å². The minimum Gasteiger partial charge on any atom is -0.466 e. The number of anilines is 1. The van der Waals surface area contributed by atoms with Gasteiger partial charge in [0.15, 0.2) is 0 Å². The van der Waals surface area contributed by atoms with Crippen molar-refractivity contribution in [2.75, 3.05) is 45.2 Å². The lowest BCUT2D eigenvalue weighted by Gasteiger charge is -2.28. The van der Waals surface area contributed by atoms with Gasteiger partial charge in [-0.3, -0.25) is 14.5 Å². The maximum Gasteiger partial charge on any atom is 0.306 e. The number of hydrogen-bond acceptors (Lipinski definition) is 5. The molecule has 1 heterocycles. The molecule has 1 N–H and O–H groups in total. The van der Waals surface area contributed by atoms with Crippen molar-refractivity contribution in [2.24, 2.45) is 0 Å². The van der Waals surface area contributed by atoms with Gasteiger partial charge in [0.05, 0.1) is 19.1 Å². The van der Waals surface area contributed by atoms with Crippen LogP contribution in [0.15, 0.2) is 24.3 Å². The molecule has 0 aromatic heterocycles. The summed E-state index contributed by atoms with van der Waals surface area (Å²) in [6.07, 6.45) is 2.70. The number of carbonyl (C=O) groups excluding carboxylic acids is 2. The summed E-state index contributed by atoms with van der Waals surface area (Å²) in [7, 11) is 4.05. The quantitative estimate of drug-likeness (QED) is 0.684. The van der Waals surface area contributed by atoms with E-state index in [1.165, 1.54) is 18.4 Å². The number of carbonyl (C=O) groups is 2. The Labute approximate surface area is 156 Å². The van der Waals surface area contributed by atoms with E-state index >= 15 is 0 Å². The molecule has 1 aromatic rings. The fourth-order valence-corrected chi connectivity index (χ4v) is 3.25. The molecule has 0 saturated carbocycles. The number of ether oxygens (including phenoxy) is 1. The summed E-state index contributed by atoms with van der Waals surface area (Å²) in [6, 6.07) is 8.67. The third kappa shape index (κ3) is 6.02. The maximum absolute atomic E-state index is 12.1. The fraction of sp³-hybridized carbons (Fsp3) is 0.600. The van der Waals surface area contributed by atoms with E-state index in [2.05, 4.69) is 39.4 Å². The first-order valence-corrected chi connectivity index (χ1v) is 9.45. The number of hydrogen-bond donors (Lipinski definition) is 1. The van der Waals surface area contributed by atoms with Crippen LogP contribution in [0.25, 0.3) is 0 Å². The van der Waals surface area contributed by atoms with E-state index in [-0.39, 0.29) is 30.8 Å². The van der Waals surface area contributed by atoms with Crippen LogP contribution in [0, 0.1) is 0 Å². The molecule has 0 bridgehead atoms. The van der Waals surface area contributed by atoms with E-state index in [1.54, 1.807) is 6.92 Å². The third-order valence-electron chi connectivity index (χ3n) is 4.73. The number of nitrogens with zero attached hydrogens (tertiary/aromatic N) is 2. The van der Waals surface area contributed by atoms with Crippen molar-refractivity contribution in [1.29, 1.82) is 0 Å². The van der Waals surface area contributed by atoms with Gasteiger partial charge in [0.2, 0.25) is 5.91 Å². The highest BCUT2D eigenvalue weighted by molar-refractivity contribution is 5.81. The van der Waals surface area contributed by atoms with Crippen LogP contribution < -0.4 is 10.2 Å². The SMILES string of the molecule is CCOC(=O)CCC(=O)NC[C@@H](c1ccc(N(C)C)cc1)N1CCCC1. The molecular weight excluding hydrogens is 330 g/mol. The summed E-state index contributed by atoms with van der Waals surface area (Å²) >= 11 is 0. The van der Waals surface area contributed by atoms with Gasteiger partial charge in [-0.1, -0.05) is 12.1 Å². The number of esters is 1. The first-order chi connectivity index (χ1) is 12.5. The Morgan fingerprint density at radius 1 is 1.15 bits per heavy atom. The minimum atomic E-state index is -0.321. The number of amides is 1. The van der Waals surface area contributed by atoms with Crippen molar-refractivity contribution in [3.8, 4) is 0 Å². The van der Waals surface area contributed by atoms with Crippen LogP contribution in [0.2, 0.25) is 0 Å². The minimum absolute atomic E-state index is 0.104. The Morgan fingerprint density at radius 3 is 2.38 bits per heavy atom. The lowest BCUT2D eigenvalue weighted by Crippen LogP contribution is -2.37. The maximum atomic E-state index is 12.1. The molecule has 1 aromatic carbocycles. The molecule has 1 fully saturated rings. The van der Waals surface area contributed by atoms with Gasteiger partial charge in [0.1, 0.15) is 0 Å². The smallest absolute Gasteiger partial charge is 0.306 e. The Balaban J connectivity index is 1.95. The van der Waals surface area contributed by atoms with Crippen LogP contribution in [-0.2, 0) is 14.3 Å². The van der Waals surface area contributed by atoms with Gasteiger partial charge in [-0.25, -0.2) is 0 Å². The number of rotatable bonds is 9. The van der Waals surface area contributed by atoms with Crippen molar-refractivity contribution in [1.82, 2.24) is 10.2 Å². The van der Waals surface area contributed by atoms with Crippen LogP contribution >= 0.6 is 0 Å². The van der Waals surface area contributed by atoms with Gasteiger partial charge in [-0.15, -0.1) is 0 Å². The van der Waals surface area contributed by atoms with Crippen LogP contribution in [0.1, 0.15) is 44.2 Å². The van der Waals surface area contributed by atoms with Gasteiger partial charge in [-0.2, -0.15) is 0 Å². The van der Waals surface area contributed by atoms with Crippen molar-refractivity contribution < 1.29 is 14.3 Å². The molecule has 6 nitrogen and oxygen atoms in total. The van der Waals surface area contributed by atoms with Gasteiger partial charge in [0, 0.05) is 32.7 Å². The highest BCUT2D eigenvalue weighted by atomic mass is 16.5. The number of benzene rings is 1. The summed E-state index contributed by atoms with van der Waals surface area (Å²) in [6.45, 7) is 4.78. The van der Waals surface area contributed by atoms with E-state index in [9.17, 15) is 9.59 Å². The second-order valence-electron chi connectivity index (χ2n) is 6.85. The highest BCUT2D eigenvalue weighted by Gasteiger charge is 2.24. The predicted molar refractivity (Wildman–Crippen MR) is 103 cm³/mol. The Morgan fingerprint density at radius 2 is 1.81 bits per heavy atom. The van der Waals surface area contributed by atoms with Gasteiger partial charge in [0.25, 0.3) is 0 Å². The van der Waals surface area contributed by atoms with E-state index in [4.69, 9.17) is 4.74 Å². The molecule has 0 aliphatic carbocycles. The summed E-state index contributed by atoms with van der Waals surface area (Å²) in [4.78, 5) is 28.0. The molecule has 26 heavy (non-hydrogen) atoms. The van der Waals surface area contributed by atoms with Crippen LogP contribution in [0.4, 0.5) is 5.69 Å². The summed E-state index contributed by atoms with van der Waals surface area (Å²) < 4.78 is 4.87. The molecular formula is C20H31N3O3. The lowest BCUT2D eigenvalue weighted by atomic mass is 10.0. The molecule has 1 aliphatic heterocycles. The van der Waals surface area contributed by atoms with Crippen molar-refractivity contribution in [2.45, 2.75) is 38.6 Å². The normalized spacial score (nSPS) is 15.5. The topological polar surface area (TPSA) is 61.9 Å². The molecule has 1 atom stereocenters. The van der Waals surface area contributed by atoms with Crippen LogP contribution in [0.5, 0.6) is 0 Å². The number of nitrogens with one attached hydrogen (secondary N) is 1. The van der Waals surface area contributed by atoms with E-state index in [0.29, 0.717) is 13.2 Å². The van der Waals surface area contributed by atoms with Crippen molar-refractivity contribution in [3.05, 3.63) is 29.8 Å². The van der Waals surface area contributed by atoms with E-state index < -0.39 is 0 Å². The molecule has 0 radical (unpaired) electrons. The third-order valence-corrected chi connectivity index (χ3v) is 4.73. The molecule has 0 unspecified atom stereocenters. The van der Waals surface area contributed by atoms with Gasteiger partial charge >= 0.3 is 5.97 Å². The second kappa shape index (κ2) is 10.2. The lowest BCUT2D eigenvalue weighted by molar-refractivity contribution is -0.144. The molecule has 6 heteroatoms. The average molecular weight is 361 g/mol. The van der Waals surface area contributed by atoms with Gasteiger partial charge < -0.3 is 15.0 Å². The first kappa shape index (κ1) is 20.2. The summed E-state index contributed by atoms with van der Waals surface area (Å²) in [5.74, 6) is -0.426. The van der Waals surface area contributed by atoms with Crippen LogP contribution in [-0.4, -0.2) is 57.1 Å². The molecule has 1 saturated heterocycles. The predicted octanol–water partition coefficient (Wildman–Crippen LogP) is 2.35.